The van der Waals surface area contributed by atoms with Crippen LogP contribution in [0.3, 0.4) is 0 Å². The summed E-state index contributed by atoms with van der Waals surface area (Å²) in [6.45, 7) is 3.40. The van der Waals surface area contributed by atoms with Gasteiger partial charge in [-0.3, -0.25) is 9.59 Å². The Hall–Kier alpha value is -3.49. The summed E-state index contributed by atoms with van der Waals surface area (Å²) in [6.07, 6.45) is -2.53. The van der Waals surface area contributed by atoms with Gasteiger partial charge in [0.2, 0.25) is 0 Å². The van der Waals surface area contributed by atoms with Gasteiger partial charge in [-0.2, -0.15) is 13.2 Å². The SMILES string of the molecule is [CH2]c1cc2c(c(C(F)(F)F)c1)CN(c1cccc(C3(c4nncn4C)CC(=O)C3)c1)C2=O. The maximum absolute atomic E-state index is 13.6. The molecule has 163 valence electrons. The summed E-state index contributed by atoms with van der Waals surface area (Å²) in [6, 6.07) is 9.37. The number of halogens is 3. The van der Waals surface area contributed by atoms with Crippen LogP contribution in [0.5, 0.6) is 0 Å². The Labute approximate surface area is 181 Å². The highest BCUT2D eigenvalue weighted by Crippen LogP contribution is 2.47. The maximum Gasteiger partial charge on any atom is 0.416 e. The minimum absolute atomic E-state index is 0.0112. The van der Waals surface area contributed by atoms with Gasteiger partial charge in [0.25, 0.3) is 5.91 Å². The van der Waals surface area contributed by atoms with Crippen LogP contribution in [0.25, 0.3) is 0 Å². The molecule has 6 nitrogen and oxygen atoms in total. The summed E-state index contributed by atoms with van der Waals surface area (Å²) < 4.78 is 42.5. The van der Waals surface area contributed by atoms with Crippen LogP contribution in [-0.2, 0) is 30.0 Å². The summed E-state index contributed by atoms with van der Waals surface area (Å²) in [5, 5.41) is 8.12. The number of nitrogens with zero attached hydrogens (tertiary/aromatic N) is 4. The van der Waals surface area contributed by atoms with E-state index in [2.05, 4.69) is 17.1 Å². The molecule has 1 fully saturated rings. The van der Waals surface area contributed by atoms with Gasteiger partial charge in [0.05, 0.1) is 17.5 Å². The molecule has 1 radical (unpaired) electrons. The number of rotatable bonds is 3. The van der Waals surface area contributed by atoms with E-state index in [1.807, 2.05) is 6.07 Å². The Morgan fingerprint density at radius 1 is 1.12 bits per heavy atom. The van der Waals surface area contributed by atoms with Gasteiger partial charge in [-0.25, -0.2) is 0 Å². The van der Waals surface area contributed by atoms with E-state index in [0.717, 1.165) is 11.6 Å². The normalized spacial score (nSPS) is 17.5. The predicted octanol–water partition coefficient (Wildman–Crippen LogP) is 3.83. The Bertz CT molecular complexity index is 1270. The zero-order chi connectivity index (χ0) is 22.8. The summed E-state index contributed by atoms with van der Waals surface area (Å²) >= 11 is 0. The fraction of sp³-hybridized carbons (Fsp3) is 0.261. The van der Waals surface area contributed by atoms with Crippen LogP contribution >= 0.6 is 0 Å². The summed E-state index contributed by atoms with van der Waals surface area (Å²) in [5.41, 5.74) is -0.196. The van der Waals surface area contributed by atoms with E-state index >= 15 is 0 Å². The van der Waals surface area contributed by atoms with Gasteiger partial charge in [0.1, 0.15) is 17.9 Å². The molecular weight excluding hydrogens is 421 g/mol. The summed E-state index contributed by atoms with van der Waals surface area (Å²) in [5.74, 6) is 0.206. The number of fused-ring (bicyclic) bond motifs is 1. The quantitative estimate of drug-likeness (QED) is 0.622. The minimum Gasteiger partial charge on any atom is -0.320 e. The van der Waals surface area contributed by atoms with Gasteiger partial charge in [0.15, 0.2) is 0 Å². The highest BCUT2D eigenvalue weighted by Gasteiger charge is 2.50. The number of hydrogen-bond acceptors (Lipinski definition) is 4. The van der Waals surface area contributed by atoms with Gasteiger partial charge >= 0.3 is 6.18 Å². The molecule has 0 unspecified atom stereocenters. The van der Waals surface area contributed by atoms with Gasteiger partial charge in [-0.15, -0.1) is 10.2 Å². The monoisotopic (exact) mass is 439 g/mol. The third kappa shape index (κ3) is 2.95. The summed E-state index contributed by atoms with van der Waals surface area (Å²) in [4.78, 5) is 26.4. The number of amides is 1. The standard InChI is InChI=1S/C23H18F3N4O2/c1-13-6-17-18(19(7-13)23(24,25)26)11-30(20(17)32)15-5-3-4-14(8-15)22(9-16(31)10-22)21-28-27-12-29(21)2/h3-8,12H,1,9-11H2,2H3. The molecule has 0 saturated heterocycles. The fourth-order valence-electron chi connectivity index (χ4n) is 4.73. The third-order valence-electron chi connectivity index (χ3n) is 6.25. The van der Waals surface area contributed by atoms with Crippen LogP contribution in [-0.4, -0.2) is 26.5 Å². The molecule has 2 heterocycles. The molecule has 2 aromatic carbocycles. The number of carbonyl (C=O) groups is 2. The Morgan fingerprint density at radius 2 is 1.88 bits per heavy atom. The van der Waals surface area contributed by atoms with Crippen LogP contribution in [0.1, 0.15) is 51.3 Å². The van der Waals surface area contributed by atoms with Crippen molar-refractivity contribution in [1.82, 2.24) is 14.8 Å². The van der Waals surface area contributed by atoms with Crippen LogP contribution in [0.2, 0.25) is 0 Å². The average molecular weight is 439 g/mol. The lowest BCUT2D eigenvalue weighted by atomic mass is 9.63. The van der Waals surface area contributed by atoms with Gasteiger partial charge in [-0.1, -0.05) is 12.1 Å². The van der Waals surface area contributed by atoms with Gasteiger partial charge in [0, 0.05) is 31.1 Å². The smallest absolute Gasteiger partial charge is 0.320 e. The molecule has 1 aromatic heterocycles. The first-order valence-electron chi connectivity index (χ1n) is 9.95. The topological polar surface area (TPSA) is 68.1 Å². The first-order valence-corrected chi connectivity index (χ1v) is 9.95. The number of hydrogen-bond donors (Lipinski definition) is 0. The van der Waals surface area contributed by atoms with Crippen LogP contribution in [0, 0.1) is 6.92 Å². The third-order valence-corrected chi connectivity index (χ3v) is 6.25. The molecule has 32 heavy (non-hydrogen) atoms. The zero-order valence-electron chi connectivity index (χ0n) is 17.1. The summed E-state index contributed by atoms with van der Waals surface area (Å²) in [7, 11) is 1.79. The van der Waals surface area contributed by atoms with Crippen molar-refractivity contribution in [3.63, 3.8) is 0 Å². The number of anilines is 1. The van der Waals surface area contributed by atoms with Crippen molar-refractivity contribution in [2.45, 2.75) is 31.0 Å². The van der Waals surface area contributed by atoms with Crippen LogP contribution in [0.4, 0.5) is 18.9 Å². The molecule has 0 N–H and O–H groups in total. The van der Waals surface area contributed by atoms with Crippen molar-refractivity contribution in [1.29, 1.82) is 0 Å². The Morgan fingerprint density at radius 3 is 2.50 bits per heavy atom. The number of ketones is 1. The molecule has 1 saturated carbocycles. The van der Waals surface area contributed by atoms with Crippen molar-refractivity contribution in [2.24, 2.45) is 7.05 Å². The largest absolute Gasteiger partial charge is 0.416 e. The first-order chi connectivity index (χ1) is 15.1. The second kappa shape index (κ2) is 6.75. The maximum atomic E-state index is 13.6. The van der Waals surface area contributed by atoms with E-state index in [1.165, 1.54) is 11.0 Å². The van der Waals surface area contributed by atoms with Crippen LogP contribution in [0.15, 0.2) is 42.7 Å². The van der Waals surface area contributed by atoms with E-state index in [0.29, 0.717) is 11.5 Å². The van der Waals surface area contributed by atoms with E-state index in [-0.39, 0.29) is 41.9 Å². The molecule has 1 aliphatic heterocycles. The number of carbonyl (C=O) groups excluding carboxylic acids is 2. The van der Waals surface area contributed by atoms with Crippen molar-refractivity contribution in [3.8, 4) is 0 Å². The number of Topliss-reactive ketones (excluding diaryl/α,β-unsaturated/α-hetero) is 1. The van der Waals surface area contributed by atoms with Crippen molar-refractivity contribution < 1.29 is 22.8 Å². The predicted molar refractivity (Wildman–Crippen MR) is 109 cm³/mol. The minimum atomic E-state index is -4.59. The van der Waals surface area contributed by atoms with E-state index in [9.17, 15) is 22.8 Å². The fourth-order valence-corrected chi connectivity index (χ4v) is 4.73. The van der Waals surface area contributed by atoms with E-state index in [4.69, 9.17) is 0 Å². The lowest BCUT2D eigenvalue weighted by Crippen LogP contribution is -2.44. The molecule has 0 atom stereocenters. The molecular formula is C23H18F3N4O2. The van der Waals surface area contributed by atoms with Crippen molar-refractivity contribution >= 4 is 17.4 Å². The van der Waals surface area contributed by atoms with Gasteiger partial charge in [-0.05, 0) is 47.9 Å². The van der Waals surface area contributed by atoms with Crippen molar-refractivity contribution in [3.05, 3.63) is 83.3 Å². The Kier molecular flexibility index (Phi) is 4.31. The molecule has 1 aliphatic carbocycles. The number of benzene rings is 2. The lowest BCUT2D eigenvalue weighted by Gasteiger charge is -2.40. The second-order valence-electron chi connectivity index (χ2n) is 8.35. The average Bonchev–Trinajstić information content (AvgIpc) is 3.28. The molecule has 5 rings (SSSR count). The van der Waals surface area contributed by atoms with E-state index in [1.54, 1.807) is 36.1 Å². The van der Waals surface area contributed by atoms with Crippen molar-refractivity contribution in [2.75, 3.05) is 4.90 Å². The van der Waals surface area contributed by atoms with Crippen LogP contribution < -0.4 is 4.90 Å². The lowest BCUT2D eigenvalue weighted by molar-refractivity contribution is -0.138. The number of aryl methyl sites for hydroxylation is 1. The number of aromatic nitrogens is 3. The molecule has 3 aromatic rings. The zero-order valence-corrected chi connectivity index (χ0v) is 17.1. The Balaban J connectivity index is 1.57. The molecule has 0 spiro atoms. The van der Waals surface area contributed by atoms with Gasteiger partial charge < -0.3 is 9.47 Å². The molecule has 9 heteroatoms. The molecule has 2 aliphatic rings. The first kappa shape index (κ1) is 20.4. The number of alkyl halides is 3. The molecule has 1 amide bonds. The highest BCUT2D eigenvalue weighted by molar-refractivity contribution is 6.10. The van der Waals surface area contributed by atoms with E-state index < -0.39 is 23.1 Å². The molecule has 0 bridgehead atoms. The highest BCUT2D eigenvalue weighted by atomic mass is 19.4. The second-order valence-corrected chi connectivity index (χ2v) is 8.35.